The molecule has 0 saturated heterocycles. The molecule has 0 saturated carbocycles. The summed E-state index contributed by atoms with van der Waals surface area (Å²) in [6, 6.07) is 12.7. The number of hydrogen-bond acceptors (Lipinski definition) is 7. The van der Waals surface area contributed by atoms with Gasteiger partial charge in [0.15, 0.2) is 11.5 Å². The van der Waals surface area contributed by atoms with Crippen molar-refractivity contribution < 1.29 is 24.1 Å². The molecule has 3 aromatic rings. The molecule has 0 N–H and O–H groups in total. The van der Waals surface area contributed by atoms with Crippen molar-refractivity contribution in [1.82, 2.24) is 10.1 Å². The van der Waals surface area contributed by atoms with E-state index in [0.717, 1.165) is 5.56 Å². The number of benzene rings is 2. The zero-order valence-electron chi connectivity index (χ0n) is 17.7. The molecule has 2 aromatic carbocycles. The van der Waals surface area contributed by atoms with Crippen LogP contribution in [0.4, 0.5) is 5.69 Å². The van der Waals surface area contributed by atoms with Crippen molar-refractivity contribution in [2.75, 3.05) is 25.4 Å². The number of carbonyl (C=O) groups excluding carboxylic acids is 1. The van der Waals surface area contributed by atoms with E-state index < -0.39 is 6.17 Å². The van der Waals surface area contributed by atoms with Crippen LogP contribution in [0, 0.1) is 0 Å². The molecule has 0 radical (unpaired) electrons. The average Bonchev–Trinajstić information content (AvgIpc) is 2.81. The van der Waals surface area contributed by atoms with E-state index >= 15 is 0 Å². The summed E-state index contributed by atoms with van der Waals surface area (Å²) in [7, 11) is 3.12. The first kappa shape index (κ1) is 20.9. The summed E-state index contributed by atoms with van der Waals surface area (Å²) in [5.41, 5.74) is 2.34. The quantitative estimate of drug-likeness (QED) is 0.447. The van der Waals surface area contributed by atoms with Gasteiger partial charge in [0.1, 0.15) is 0 Å². The predicted molar refractivity (Wildman–Crippen MR) is 114 cm³/mol. The zero-order valence-corrected chi connectivity index (χ0v) is 18.5. The smallest absolute Gasteiger partial charge is 0.293 e. The van der Waals surface area contributed by atoms with E-state index in [1.165, 1.54) is 11.8 Å². The van der Waals surface area contributed by atoms with E-state index in [0.29, 0.717) is 40.0 Å². The molecule has 1 aliphatic rings. The third-order valence-electron chi connectivity index (χ3n) is 5.18. The monoisotopic (exact) mass is 438 g/mol. The molecule has 8 nitrogen and oxygen atoms in total. The first-order valence-corrected chi connectivity index (χ1v) is 10.9. The second-order valence-electron chi connectivity index (χ2n) is 6.82. The molecule has 2 heterocycles. The lowest BCUT2D eigenvalue weighted by Gasteiger charge is -2.33. The van der Waals surface area contributed by atoms with Gasteiger partial charge in [0.2, 0.25) is 5.91 Å². The van der Waals surface area contributed by atoms with Gasteiger partial charge in [-0.25, -0.2) is 9.88 Å². The molecular weight excluding hydrogens is 416 g/mol. The van der Waals surface area contributed by atoms with Crippen molar-refractivity contribution in [3.63, 3.8) is 0 Å². The van der Waals surface area contributed by atoms with Gasteiger partial charge in [-0.3, -0.25) is 4.79 Å². The Hall–Kier alpha value is -3.33. The molecule has 1 aliphatic heterocycles. The molecule has 1 aromatic heterocycles. The number of thioether (sulfide) groups is 1. The SMILES string of the molecule is CCC(=O)N1c2ccccc2-c2c([O-])nc(SC)n[n+]2C1c1ccc(OC)c(OC)c1. The topological polar surface area (TPSA) is 91.5 Å². The van der Waals surface area contributed by atoms with E-state index in [1.807, 2.05) is 37.3 Å². The van der Waals surface area contributed by atoms with Gasteiger partial charge < -0.3 is 14.6 Å². The van der Waals surface area contributed by atoms with Crippen LogP contribution in [-0.2, 0) is 4.79 Å². The summed E-state index contributed by atoms with van der Waals surface area (Å²) in [6.07, 6.45) is 1.41. The molecule has 0 fully saturated rings. The standard InChI is InChI=1S/C22H22N4O4S/c1-5-18(27)25-15-9-7-6-8-14(15)19-20(28)23-22(31-4)24-26(19)21(25)13-10-11-16(29-2)17(12-13)30-3/h6-12,21H,5H2,1-4H3. The minimum Gasteiger partial charge on any atom is -0.854 e. The molecule has 1 amide bonds. The van der Waals surface area contributed by atoms with Crippen molar-refractivity contribution in [3.05, 3.63) is 48.0 Å². The maximum Gasteiger partial charge on any atom is 0.293 e. The first-order chi connectivity index (χ1) is 15.0. The number of rotatable bonds is 5. The number of nitrogens with zero attached hydrogens (tertiary/aromatic N) is 4. The lowest BCUT2D eigenvalue weighted by molar-refractivity contribution is -0.764. The molecular formula is C22H22N4O4S. The summed E-state index contributed by atoms with van der Waals surface area (Å²) in [5.74, 6) is 0.604. The zero-order chi connectivity index (χ0) is 22.1. The Bertz CT molecular complexity index is 1150. The fraction of sp³-hybridized carbons (Fsp3) is 0.273. The van der Waals surface area contributed by atoms with Crippen molar-refractivity contribution in [2.45, 2.75) is 24.7 Å². The Morgan fingerprint density at radius 1 is 1.19 bits per heavy atom. The number of aromatic nitrogens is 3. The highest BCUT2D eigenvalue weighted by Gasteiger charge is 2.44. The van der Waals surface area contributed by atoms with E-state index in [2.05, 4.69) is 10.1 Å². The van der Waals surface area contributed by atoms with Crippen LogP contribution in [0.2, 0.25) is 0 Å². The van der Waals surface area contributed by atoms with Crippen LogP contribution in [0.5, 0.6) is 17.4 Å². The van der Waals surface area contributed by atoms with Gasteiger partial charge in [0.05, 0.1) is 31.4 Å². The van der Waals surface area contributed by atoms with Crippen LogP contribution in [0.15, 0.2) is 47.6 Å². The minimum atomic E-state index is -0.682. The Morgan fingerprint density at radius 2 is 1.94 bits per heavy atom. The van der Waals surface area contributed by atoms with Crippen LogP contribution in [0.3, 0.4) is 0 Å². The molecule has 0 spiro atoms. The van der Waals surface area contributed by atoms with Crippen LogP contribution >= 0.6 is 11.8 Å². The van der Waals surface area contributed by atoms with Gasteiger partial charge in [-0.15, -0.1) is 0 Å². The molecule has 0 aliphatic carbocycles. The van der Waals surface area contributed by atoms with Crippen molar-refractivity contribution in [2.24, 2.45) is 0 Å². The number of carbonyl (C=O) groups is 1. The van der Waals surface area contributed by atoms with Crippen LogP contribution < -0.4 is 24.2 Å². The Labute approximate surface area is 184 Å². The average molecular weight is 439 g/mol. The lowest BCUT2D eigenvalue weighted by Crippen LogP contribution is -2.59. The van der Waals surface area contributed by atoms with Gasteiger partial charge in [0, 0.05) is 17.1 Å². The molecule has 9 heteroatoms. The second-order valence-corrected chi connectivity index (χ2v) is 7.59. The van der Waals surface area contributed by atoms with Gasteiger partial charge in [-0.05, 0) is 36.6 Å². The Morgan fingerprint density at radius 3 is 2.61 bits per heavy atom. The maximum atomic E-state index is 13.2. The largest absolute Gasteiger partial charge is 0.854 e. The van der Waals surface area contributed by atoms with Crippen LogP contribution in [0.1, 0.15) is 25.1 Å². The maximum absolute atomic E-state index is 13.2. The summed E-state index contributed by atoms with van der Waals surface area (Å²) in [5, 5.41) is 18.0. The van der Waals surface area contributed by atoms with Crippen LogP contribution in [0.25, 0.3) is 11.3 Å². The molecule has 160 valence electrons. The van der Waals surface area contributed by atoms with Gasteiger partial charge >= 0.3 is 0 Å². The van der Waals surface area contributed by atoms with Crippen molar-refractivity contribution in [3.8, 4) is 28.6 Å². The molecule has 4 rings (SSSR count). The number of methoxy groups -OCH3 is 2. The number of anilines is 1. The van der Waals surface area contributed by atoms with Gasteiger partial charge in [-0.1, -0.05) is 35.5 Å². The number of ether oxygens (including phenoxy) is 2. The number of amides is 1. The fourth-order valence-corrected chi connectivity index (χ4v) is 4.12. The van der Waals surface area contributed by atoms with E-state index in [4.69, 9.17) is 9.47 Å². The van der Waals surface area contributed by atoms with Gasteiger partial charge in [-0.2, -0.15) is 0 Å². The Kier molecular flexibility index (Phi) is 5.69. The number of para-hydroxylation sites is 1. The molecule has 1 unspecified atom stereocenters. The minimum absolute atomic E-state index is 0.0952. The number of hydrogen-bond donors (Lipinski definition) is 0. The molecule has 0 bridgehead atoms. The Balaban J connectivity index is 2.05. The summed E-state index contributed by atoms with van der Waals surface area (Å²) in [6.45, 7) is 1.81. The molecule has 1 atom stereocenters. The van der Waals surface area contributed by atoms with Crippen molar-refractivity contribution in [1.29, 1.82) is 0 Å². The summed E-state index contributed by atoms with van der Waals surface area (Å²) < 4.78 is 12.4. The summed E-state index contributed by atoms with van der Waals surface area (Å²) >= 11 is 1.27. The fourth-order valence-electron chi connectivity index (χ4n) is 3.77. The summed E-state index contributed by atoms with van der Waals surface area (Å²) in [4.78, 5) is 19.0. The highest BCUT2D eigenvalue weighted by atomic mass is 32.2. The highest BCUT2D eigenvalue weighted by molar-refractivity contribution is 7.98. The van der Waals surface area contributed by atoms with Gasteiger partial charge in [0.25, 0.3) is 17.0 Å². The molecule has 31 heavy (non-hydrogen) atoms. The first-order valence-electron chi connectivity index (χ1n) is 9.72. The van der Waals surface area contributed by atoms with E-state index in [1.54, 1.807) is 42.2 Å². The van der Waals surface area contributed by atoms with E-state index in [9.17, 15) is 9.90 Å². The number of fused-ring (bicyclic) bond motifs is 3. The third-order valence-corrected chi connectivity index (χ3v) is 5.71. The van der Waals surface area contributed by atoms with E-state index in [-0.39, 0.29) is 11.8 Å². The van der Waals surface area contributed by atoms with Crippen LogP contribution in [-0.4, -0.2) is 36.5 Å². The highest BCUT2D eigenvalue weighted by Crippen LogP contribution is 2.42. The normalized spacial score (nSPS) is 14.6. The third kappa shape index (κ3) is 3.44. The second kappa shape index (κ2) is 8.43. The van der Waals surface area contributed by atoms with Crippen molar-refractivity contribution >= 4 is 23.4 Å². The predicted octanol–water partition coefficient (Wildman–Crippen LogP) is 2.55. The lowest BCUT2D eigenvalue weighted by atomic mass is 10.0.